The maximum atomic E-state index is 13.5. The van der Waals surface area contributed by atoms with E-state index in [0.29, 0.717) is 22.6 Å². The predicted octanol–water partition coefficient (Wildman–Crippen LogP) is 4.73. The van der Waals surface area contributed by atoms with Gasteiger partial charge in [-0.25, -0.2) is 9.99 Å². The maximum Gasteiger partial charge on any atom is 0.262 e. The third-order valence-electron chi connectivity index (χ3n) is 5.97. The van der Waals surface area contributed by atoms with E-state index in [-0.39, 0.29) is 23.3 Å². The molecule has 170 valence electrons. The SMILES string of the molecule is C[C@H](c1ccccc1)n1c(SCC(=O)N2CCC(c3ccccc3)=N2)nc2ccccc2c1=O. The van der Waals surface area contributed by atoms with Gasteiger partial charge >= 0.3 is 0 Å². The third-order valence-corrected chi connectivity index (χ3v) is 6.90. The molecule has 7 heteroatoms. The average Bonchev–Trinajstić information content (AvgIpc) is 3.39. The highest BCUT2D eigenvalue weighted by molar-refractivity contribution is 7.99. The Bertz CT molecular complexity index is 1420. The molecule has 0 fully saturated rings. The zero-order chi connectivity index (χ0) is 23.5. The van der Waals surface area contributed by atoms with Crippen molar-refractivity contribution >= 4 is 34.3 Å². The van der Waals surface area contributed by atoms with E-state index in [2.05, 4.69) is 5.10 Å². The Morgan fingerprint density at radius 3 is 2.41 bits per heavy atom. The van der Waals surface area contributed by atoms with Gasteiger partial charge in [0.15, 0.2) is 5.16 Å². The molecule has 1 aromatic heterocycles. The van der Waals surface area contributed by atoms with Gasteiger partial charge in [-0.15, -0.1) is 0 Å². The summed E-state index contributed by atoms with van der Waals surface area (Å²) >= 11 is 1.28. The first-order valence-electron chi connectivity index (χ1n) is 11.2. The van der Waals surface area contributed by atoms with Gasteiger partial charge in [-0.05, 0) is 30.2 Å². The number of carbonyl (C=O) groups is 1. The lowest BCUT2D eigenvalue weighted by Crippen LogP contribution is -2.29. The number of carbonyl (C=O) groups excluding carboxylic acids is 1. The van der Waals surface area contributed by atoms with Crippen LogP contribution in [0.4, 0.5) is 0 Å². The molecular weight excluding hydrogens is 444 g/mol. The molecule has 0 unspecified atom stereocenters. The summed E-state index contributed by atoms with van der Waals surface area (Å²) in [6.45, 7) is 2.54. The van der Waals surface area contributed by atoms with Crippen LogP contribution in [0.5, 0.6) is 0 Å². The largest absolute Gasteiger partial charge is 0.280 e. The number of fused-ring (bicyclic) bond motifs is 1. The zero-order valence-corrected chi connectivity index (χ0v) is 19.6. The number of amides is 1. The number of hydrogen-bond acceptors (Lipinski definition) is 5. The smallest absolute Gasteiger partial charge is 0.262 e. The monoisotopic (exact) mass is 468 g/mol. The quantitative estimate of drug-likeness (QED) is 0.303. The molecule has 1 atom stereocenters. The standard InChI is InChI=1S/C27H24N4O2S/c1-19(20-10-4-2-5-11-20)31-26(33)22-14-8-9-15-24(22)28-27(31)34-18-25(32)30-17-16-23(29-30)21-12-6-3-7-13-21/h2-15,19H,16-18H2,1H3/t19-/m1/s1. The van der Waals surface area contributed by atoms with Gasteiger partial charge in [0.2, 0.25) is 0 Å². The summed E-state index contributed by atoms with van der Waals surface area (Å²) in [6.07, 6.45) is 0.727. The van der Waals surface area contributed by atoms with E-state index >= 15 is 0 Å². The van der Waals surface area contributed by atoms with Crippen LogP contribution in [0.1, 0.15) is 30.5 Å². The van der Waals surface area contributed by atoms with Gasteiger partial charge < -0.3 is 0 Å². The van der Waals surface area contributed by atoms with E-state index in [0.717, 1.165) is 23.3 Å². The van der Waals surface area contributed by atoms with E-state index in [1.807, 2.05) is 85.8 Å². The fourth-order valence-electron chi connectivity index (χ4n) is 4.12. The van der Waals surface area contributed by atoms with Crippen molar-refractivity contribution < 1.29 is 4.79 Å². The highest BCUT2D eigenvalue weighted by Gasteiger charge is 2.23. The zero-order valence-electron chi connectivity index (χ0n) is 18.8. The molecule has 4 aromatic rings. The molecule has 1 aliphatic heterocycles. The lowest BCUT2D eigenvalue weighted by molar-refractivity contribution is -0.127. The first-order valence-corrected chi connectivity index (χ1v) is 12.2. The molecule has 34 heavy (non-hydrogen) atoms. The summed E-state index contributed by atoms with van der Waals surface area (Å²) in [5, 5.41) is 7.16. The fourth-order valence-corrected chi connectivity index (χ4v) is 5.07. The first-order chi connectivity index (χ1) is 16.6. The van der Waals surface area contributed by atoms with Gasteiger partial charge in [0.25, 0.3) is 11.5 Å². The Morgan fingerprint density at radius 1 is 0.971 bits per heavy atom. The summed E-state index contributed by atoms with van der Waals surface area (Å²) in [7, 11) is 0. The molecule has 0 N–H and O–H groups in total. The van der Waals surface area contributed by atoms with E-state index in [4.69, 9.17) is 4.98 Å². The Morgan fingerprint density at radius 2 is 1.65 bits per heavy atom. The summed E-state index contributed by atoms with van der Waals surface area (Å²) in [5.41, 5.74) is 3.48. The van der Waals surface area contributed by atoms with Crippen LogP contribution in [0.15, 0.2) is 100.0 Å². The third kappa shape index (κ3) is 4.39. The lowest BCUT2D eigenvalue weighted by Gasteiger charge is -2.20. The Hall–Kier alpha value is -3.71. The van der Waals surface area contributed by atoms with Crippen LogP contribution < -0.4 is 5.56 Å². The summed E-state index contributed by atoms with van der Waals surface area (Å²) < 4.78 is 1.69. The topological polar surface area (TPSA) is 67.6 Å². The van der Waals surface area contributed by atoms with Crippen LogP contribution in [0.3, 0.4) is 0 Å². The minimum absolute atomic E-state index is 0.0998. The van der Waals surface area contributed by atoms with Crippen molar-refractivity contribution in [3.8, 4) is 0 Å². The van der Waals surface area contributed by atoms with Crippen LogP contribution in [-0.2, 0) is 4.79 Å². The number of para-hydroxylation sites is 1. The molecule has 6 nitrogen and oxygen atoms in total. The molecule has 2 heterocycles. The summed E-state index contributed by atoms with van der Waals surface area (Å²) in [6, 6.07) is 26.9. The minimum Gasteiger partial charge on any atom is -0.280 e. The Labute approximate surface area is 201 Å². The second-order valence-corrected chi connectivity index (χ2v) is 9.08. The van der Waals surface area contributed by atoms with E-state index < -0.39 is 0 Å². The van der Waals surface area contributed by atoms with Crippen molar-refractivity contribution in [2.75, 3.05) is 12.3 Å². The van der Waals surface area contributed by atoms with Gasteiger partial charge in [0.1, 0.15) is 0 Å². The number of aromatic nitrogens is 2. The van der Waals surface area contributed by atoms with Crippen LogP contribution in [0.2, 0.25) is 0 Å². The van der Waals surface area contributed by atoms with E-state index in [1.165, 1.54) is 16.8 Å². The molecule has 0 radical (unpaired) electrons. The number of benzene rings is 3. The van der Waals surface area contributed by atoms with Crippen LogP contribution >= 0.6 is 11.8 Å². The van der Waals surface area contributed by atoms with Crippen LogP contribution in [0, 0.1) is 0 Å². The first kappa shape index (κ1) is 22.1. The van der Waals surface area contributed by atoms with Crippen LogP contribution in [-0.4, -0.2) is 38.5 Å². The molecule has 0 spiro atoms. The molecular formula is C27H24N4O2S. The Balaban J connectivity index is 1.43. The predicted molar refractivity (Wildman–Crippen MR) is 136 cm³/mol. The van der Waals surface area contributed by atoms with Crippen molar-refractivity contribution in [2.24, 2.45) is 5.10 Å². The Kier molecular flexibility index (Phi) is 6.27. The van der Waals surface area contributed by atoms with E-state index in [1.54, 1.807) is 10.6 Å². The molecule has 0 saturated heterocycles. The second-order valence-electron chi connectivity index (χ2n) is 8.14. The molecule has 1 aliphatic rings. The summed E-state index contributed by atoms with van der Waals surface area (Å²) in [5.74, 6) is 0.0509. The molecule has 3 aromatic carbocycles. The normalized spacial score (nSPS) is 14.3. The van der Waals surface area contributed by atoms with Gasteiger partial charge in [-0.3, -0.25) is 14.2 Å². The molecule has 1 amide bonds. The second kappa shape index (κ2) is 9.65. The van der Waals surface area contributed by atoms with Crippen molar-refractivity contribution in [1.82, 2.24) is 14.6 Å². The van der Waals surface area contributed by atoms with E-state index in [9.17, 15) is 9.59 Å². The van der Waals surface area contributed by atoms with Gasteiger partial charge in [0, 0.05) is 6.42 Å². The number of nitrogens with zero attached hydrogens (tertiary/aromatic N) is 4. The molecule has 0 saturated carbocycles. The number of thioether (sulfide) groups is 1. The molecule has 5 rings (SSSR count). The van der Waals surface area contributed by atoms with Gasteiger partial charge in [-0.2, -0.15) is 5.10 Å². The van der Waals surface area contributed by atoms with Crippen molar-refractivity contribution in [3.05, 3.63) is 106 Å². The maximum absolute atomic E-state index is 13.5. The number of rotatable bonds is 6. The average molecular weight is 469 g/mol. The van der Waals surface area contributed by atoms with Crippen molar-refractivity contribution in [2.45, 2.75) is 24.5 Å². The number of hydrazone groups is 1. The van der Waals surface area contributed by atoms with Gasteiger partial charge in [-0.1, -0.05) is 84.6 Å². The van der Waals surface area contributed by atoms with Crippen molar-refractivity contribution in [1.29, 1.82) is 0 Å². The lowest BCUT2D eigenvalue weighted by atomic mass is 10.1. The van der Waals surface area contributed by atoms with Crippen molar-refractivity contribution in [3.63, 3.8) is 0 Å². The van der Waals surface area contributed by atoms with Crippen LogP contribution in [0.25, 0.3) is 10.9 Å². The van der Waals surface area contributed by atoms with Gasteiger partial charge in [0.05, 0.1) is 35.0 Å². The fraction of sp³-hybridized carbons (Fsp3) is 0.185. The molecule has 0 bridgehead atoms. The summed E-state index contributed by atoms with van der Waals surface area (Å²) in [4.78, 5) is 31.2. The number of hydrogen-bond donors (Lipinski definition) is 0. The highest BCUT2D eigenvalue weighted by atomic mass is 32.2. The highest BCUT2D eigenvalue weighted by Crippen LogP contribution is 2.25. The molecule has 0 aliphatic carbocycles. The minimum atomic E-state index is -0.224.